The highest BCUT2D eigenvalue weighted by molar-refractivity contribution is 5.42. The third-order valence-corrected chi connectivity index (χ3v) is 5.51. The molecule has 0 radical (unpaired) electrons. The number of H-pyrrole nitrogens is 1. The van der Waals surface area contributed by atoms with E-state index in [1.165, 1.54) is 0 Å². The van der Waals surface area contributed by atoms with Crippen molar-refractivity contribution in [2.75, 3.05) is 31.6 Å². The molecule has 0 amide bonds. The van der Waals surface area contributed by atoms with Gasteiger partial charge >= 0.3 is 0 Å². The van der Waals surface area contributed by atoms with Gasteiger partial charge in [-0.05, 0) is 38.0 Å². The third kappa shape index (κ3) is 4.23. The summed E-state index contributed by atoms with van der Waals surface area (Å²) < 4.78 is 11.0. The van der Waals surface area contributed by atoms with Crippen molar-refractivity contribution in [2.45, 2.75) is 45.6 Å². The Kier molecular flexibility index (Phi) is 5.47. The summed E-state index contributed by atoms with van der Waals surface area (Å²) in [5.41, 5.74) is 2.63. The summed E-state index contributed by atoms with van der Waals surface area (Å²) in [6.07, 6.45) is 0.866. The van der Waals surface area contributed by atoms with Crippen molar-refractivity contribution in [3.05, 3.63) is 45.4 Å². The highest BCUT2D eigenvalue weighted by atomic mass is 16.5. The predicted molar refractivity (Wildman–Crippen MR) is 110 cm³/mol. The van der Waals surface area contributed by atoms with Crippen molar-refractivity contribution in [1.82, 2.24) is 14.9 Å². The van der Waals surface area contributed by atoms with Crippen LogP contribution >= 0.6 is 0 Å². The lowest BCUT2D eigenvalue weighted by atomic mass is 10.1. The Hall–Kier alpha value is -2.58. The molecule has 2 N–H and O–H groups in total. The van der Waals surface area contributed by atoms with E-state index in [9.17, 15) is 9.90 Å². The molecule has 156 valence electrons. The lowest BCUT2D eigenvalue weighted by Gasteiger charge is -2.36. The summed E-state index contributed by atoms with van der Waals surface area (Å²) in [7, 11) is 1.54. The number of nitrogens with zero attached hydrogens (tertiary/aromatic N) is 3. The Bertz CT molecular complexity index is 935. The van der Waals surface area contributed by atoms with Gasteiger partial charge in [0.2, 0.25) is 5.95 Å². The van der Waals surface area contributed by atoms with Crippen molar-refractivity contribution in [1.29, 1.82) is 0 Å². The number of hydrogen-bond acceptors (Lipinski definition) is 7. The first-order chi connectivity index (χ1) is 13.9. The highest BCUT2D eigenvalue weighted by Crippen LogP contribution is 2.28. The minimum atomic E-state index is -0.0391. The first kappa shape index (κ1) is 19.7. The summed E-state index contributed by atoms with van der Waals surface area (Å²) in [4.78, 5) is 24.8. The number of nitrogens with one attached hydrogen (secondary N) is 1. The molecule has 0 spiro atoms. The molecule has 1 saturated heterocycles. The van der Waals surface area contributed by atoms with Gasteiger partial charge in [0, 0.05) is 38.3 Å². The van der Waals surface area contributed by atoms with E-state index in [4.69, 9.17) is 14.5 Å². The van der Waals surface area contributed by atoms with Gasteiger partial charge in [0.1, 0.15) is 0 Å². The molecule has 3 heterocycles. The molecule has 0 unspecified atom stereocenters. The van der Waals surface area contributed by atoms with Gasteiger partial charge in [0.25, 0.3) is 5.56 Å². The molecule has 8 heteroatoms. The monoisotopic (exact) mass is 400 g/mol. The van der Waals surface area contributed by atoms with Gasteiger partial charge in [-0.1, -0.05) is 6.07 Å². The van der Waals surface area contributed by atoms with Gasteiger partial charge in [0.15, 0.2) is 11.5 Å². The second kappa shape index (κ2) is 8.04. The van der Waals surface area contributed by atoms with Crippen LogP contribution in [0.2, 0.25) is 0 Å². The number of aromatic hydroxyl groups is 1. The Balaban J connectivity index is 1.54. The molecular formula is C21H28N4O4. The Morgan fingerprint density at radius 1 is 1.31 bits per heavy atom. The van der Waals surface area contributed by atoms with Crippen LogP contribution in [-0.4, -0.2) is 58.9 Å². The van der Waals surface area contributed by atoms with Gasteiger partial charge < -0.3 is 19.5 Å². The van der Waals surface area contributed by atoms with E-state index in [2.05, 4.69) is 14.8 Å². The zero-order valence-corrected chi connectivity index (χ0v) is 17.1. The minimum Gasteiger partial charge on any atom is -0.504 e. The number of methoxy groups -OCH3 is 1. The molecule has 2 aliphatic heterocycles. The fourth-order valence-corrected chi connectivity index (χ4v) is 4.19. The summed E-state index contributed by atoms with van der Waals surface area (Å²) >= 11 is 0. The second-order valence-electron chi connectivity index (χ2n) is 7.94. The first-order valence-corrected chi connectivity index (χ1v) is 10.0. The van der Waals surface area contributed by atoms with Gasteiger partial charge in [-0.3, -0.25) is 14.7 Å². The van der Waals surface area contributed by atoms with Gasteiger partial charge in [0.05, 0.1) is 25.0 Å². The number of morpholine rings is 1. The van der Waals surface area contributed by atoms with Crippen molar-refractivity contribution in [2.24, 2.45) is 0 Å². The number of phenols is 1. The van der Waals surface area contributed by atoms with Crippen LogP contribution in [0.15, 0.2) is 23.0 Å². The fraction of sp³-hybridized carbons (Fsp3) is 0.524. The van der Waals surface area contributed by atoms with Gasteiger partial charge in [-0.2, -0.15) is 0 Å². The quantitative estimate of drug-likeness (QED) is 0.806. The summed E-state index contributed by atoms with van der Waals surface area (Å²) in [5.74, 6) is 1.23. The maximum atomic E-state index is 12.7. The highest BCUT2D eigenvalue weighted by Gasteiger charge is 2.27. The van der Waals surface area contributed by atoms with Crippen molar-refractivity contribution in [3.63, 3.8) is 0 Å². The van der Waals surface area contributed by atoms with E-state index < -0.39 is 0 Å². The van der Waals surface area contributed by atoms with Crippen LogP contribution in [-0.2, 0) is 24.2 Å². The van der Waals surface area contributed by atoms with Crippen LogP contribution in [0, 0.1) is 0 Å². The van der Waals surface area contributed by atoms with Crippen LogP contribution in [0.5, 0.6) is 11.5 Å². The number of benzene rings is 1. The Morgan fingerprint density at radius 2 is 2.07 bits per heavy atom. The zero-order chi connectivity index (χ0) is 20.5. The number of anilines is 1. The SMILES string of the molecule is COc1cc(CN2CCc3c(nc(N4C[C@@H](C)O[C@H](C)C4)[nH]c3=O)C2)ccc1O. The lowest BCUT2D eigenvalue weighted by molar-refractivity contribution is -0.00576. The predicted octanol–water partition coefficient (Wildman–Crippen LogP) is 1.66. The molecule has 29 heavy (non-hydrogen) atoms. The first-order valence-electron chi connectivity index (χ1n) is 10.0. The lowest BCUT2D eigenvalue weighted by Crippen LogP contribution is -2.47. The molecule has 1 fully saturated rings. The molecule has 1 aromatic carbocycles. The molecule has 2 atom stereocenters. The number of rotatable bonds is 4. The number of hydrogen-bond donors (Lipinski definition) is 2. The second-order valence-corrected chi connectivity index (χ2v) is 7.94. The smallest absolute Gasteiger partial charge is 0.255 e. The normalized spacial score (nSPS) is 22.4. The minimum absolute atomic E-state index is 0.0391. The topological polar surface area (TPSA) is 90.9 Å². The maximum absolute atomic E-state index is 12.7. The average Bonchev–Trinajstić information content (AvgIpc) is 2.68. The molecule has 4 rings (SSSR count). The molecule has 0 bridgehead atoms. The van der Waals surface area contributed by atoms with Crippen LogP contribution in [0.1, 0.15) is 30.7 Å². The summed E-state index contributed by atoms with van der Waals surface area (Å²) in [6.45, 7) is 7.59. The number of phenolic OH excluding ortho intramolecular Hbond substituents is 1. The standard InChI is InChI=1S/C21H28N4O4/c1-13-9-25(10-14(2)29-13)21-22-17-12-24(7-6-16(17)20(27)23-21)11-15-4-5-18(26)19(8-15)28-3/h4-5,8,13-14,26H,6-7,9-12H2,1-3H3,(H,22,23,27)/t13-,14-/m1/s1. The Morgan fingerprint density at radius 3 is 2.79 bits per heavy atom. The molecule has 8 nitrogen and oxygen atoms in total. The molecule has 1 aromatic heterocycles. The van der Waals surface area contributed by atoms with Gasteiger partial charge in [-0.25, -0.2) is 4.98 Å². The van der Waals surface area contributed by atoms with Crippen molar-refractivity contribution < 1.29 is 14.6 Å². The van der Waals surface area contributed by atoms with Crippen LogP contribution in [0.25, 0.3) is 0 Å². The van der Waals surface area contributed by atoms with E-state index in [1.54, 1.807) is 13.2 Å². The van der Waals surface area contributed by atoms with Crippen molar-refractivity contribution >= 4 is 5.95 Å². The van der Waals surface area contributed by atoms with Crippen LogP contribution in [0.3, 0.4) is 0 Å². The number of ether oxygens (including phenoxy) is 2. The number of aromatic nitrogens is 2. The van der Waals surface area contributed by atoms with Crippen LogP contribution in [0.4, 0.5) is 5.95 Å². The molecular weight excluding hydrogens is 372 g/mol. The molecule has 2 aromatic rings. The number of fused-ring (bicyclic) bond motifs is 1. The Labute approximate surface area is 170 Å². The maximum Gasteiger partial charge on any atom is 0.255 e. The van der Waals surface area contributed by atoms with E-state index >= 15 is 0 Å². The van der Waals surface area contributed by atoms with E-state index in [1.807, 2.05) is 26.0 Å². The fourth-order valence-electron chi connectivity index (χ4n) is 4.19. The van der Waals surface area contributed by atoms with E-state index in [0.29, 0.717) is 44.3 Å². The van der Waals surface area contributed by atoms with Gasteiger partial charge in [-0.15, -0.1) is 0 Å². The summed E-state index contributed by atoms with van der Waals surface area (Å²) in [6, 6.07) is 5.38. The van der Waals surface area contributed by atoms with E-state index in [-0.39, 0.29) is 23.5 Å². The molecule has 0 saturated carbocycles. The molecule has 2 aliphatic rings. The third-order valence-electron chi connectivity index (χ3n) is 5.51. The van der Waals surface area contributed by atoms with Crippen LogP contribution < -0.4 is 15.2 Å². The van der Waals surface area contributed by atoms with Crippen molar-refractivity contribution in [3.8, 4) is 11.5 Å². The molecule has 0 aliphatic carbocycles. The largest absolute Gasteiger partial charge is 0.504 e. The number of aromatic amines is 1. The summed E-state index contributed by atoms with van der Waals surface area (Å²) in [5, 5.41) is 9.79. The zero-order valence-electron chi connectivity index (χ0n) is 17.1. The van der Waals surface area contributed by atoms with E-state index in [0.717, 1.165) is 23.4 Å². The average molecular weight is 400 g/mol.